The fourth-order valence-electron chi connectivity index (χ4n) is 5.79. The van der Waals surface area contributed by atoms with Crippen molar-refractivity contribution in [1.29, 1.82) is 5.26 Å². The van der Waals surface area contributed by atoms with E-state index in [4.69, 9.17) is 4.98 Å². The summed E-state index contributed by atoms with van der Waals surface area (Å²) in [4.78, 5) is 23.2. The number of nitriles is 1. The van der Waals surface area contributed by atoms with E-state index in [1.165, 1.54) is 24.3 Å². The molecule has 1 N–H and O–H groups in total. The van der Waals surface area contributed by atoms with Crippen LogP contribution in [0.3, 0.4) is 0 Å². The molecular weight excluding hydrogens is 445 g/mol. The van der Waals surface area contributed by atoms with E-state index in [0.717, 1.165) is 24.2 Å². The normalized spacial score (nSPS) is 18.9. The van der Waals surface area contributed by atoms with Crippen molar-refractivity contribution >= 4 is 11.7 Å². The van der Waals surface area contributed by atoms with Crippen molar-refractivity contribution in [2.45, 2.75) is 39.3 Å². The van der Waals surface area contributed by atoms with Crippen molar-refractivity contribution in [3.63, 3.8) is 0 Å². The maximum absolute atomic E-state index is 15.1. The summed E-state index contributed by atoms with van der Waals surface area (Å²) in [6.07, 6.45) is 2.89. The van der Waals surface area contributed by atoms with Crippen LogP contribution in [-0.4, -0.2) is 64.6 Å². The lowest BCUT2D eigenvalue weighted by atomic mass is 9.79. The molecule has 0 atom stereocenters. The zero-order valence-electron chi connectivity index (χ0n) is 20.2. The molecule has 1 aromatic heterocycles. The van der Waals surface area contributed by atoms with Crippen molar-refractivity contribution < 1.29 is 14.3 Å². The molecule has 1 amide bonds. The third kappa shape index (κ3) is 3.94. The van der Waals surface area contributed by atoms with Gasteiger partial charge in [-0.1, -0.05) is 6.58 Å². The lowest BCUT2D eigenvalue weighted by Crippen LogP contribution is -2.59. The van der Waals surface area contributed by atoms with Crippen LogP contribution in [0, 0.1) is 22.6 Å². The quantitative estimate of drug-likeness (QED) is 0.682. The van der Waals surface area contributed by atoms with Crippen molar-refractivity contribution in [1.82, 2.24) is 14.8 Å². The molecule has 0 saturated carbocycles. The van der Waals surface area contributed by atoms with Crippen molar-refractivity contribution in [3.8, 4) is 22.9 Å². The Hall–Kier alpha value is -3.44. The number of hydrogen-bond acceptors (Lipinski definition) is 6. The zero-order valence-corrected chi connectivity index (χ0v) is 20.2. The predicted molar refractivity (Wildman–Crippen MR) is 131 cm³/mol. The largest absolute Gasteiger partial charge is 0.508 e. The maximum atomic E-state index is 15.1. The molecule has 5 rings (SSSR count). The minimum absolute atomic E-state index is 0.0244. The van der Waals surface area contributed by atoms with Gasteiger partial charge in [0.15, 0.2) is 0 Å². The van der Waals surface area contributed by atoms with E-state index in [0.29, 0.717) is 62.1 Å². The molecule has 0 aliphatic carbocycles. The molecule has 1 aromatic carbocycles. The molecule has 2 aromatic rings. The fraction of sp³-hybridized carbons (Fsp3) is 0.444. The Kier molecular flexibility index (Phi) is 5.76. The summed E-state index contributed by atoms with van der Waals surface area (Å²) in [7, 11) is 0. The van der Waals surface area contributed by atoms with Gasteiger partial charge in [-0.25, -0.2) is 9.37 Å². The monoisotopic (exact) mass is 475 g/mol. The summed E-state index contributed by atoms with van der Waals surface area (Å²) in [5.74, 6) is -0.00641. The number of pyridine rings is 1. The smallest absolute Gasteiger partial charge is 0.245 e. The average Bonchev–Trinajstić information content (AvgIpc) is 3.28. The molecule has 1 spiro atoms. The second-order valence-corrected chi connectivity index (χ2v) is 10.3. The number of phenols is 1. The number of nitrogens with zero attached hydrogens (tertiary/aromatic N) is 5. The number of benzene rings is 1. The van der Waals surface area contributed by atoms with Gasteiger partial charge in [-0.05, 0) is 56.5 Å². The van der Waals surface area contributed by atoms with Crippen LogP contribution in [0.15, 0.2) is 30.9 Å². The lowest BCUT2D eigenvalue weighted by Gasteiger charge is -2.47. The van der Waals surface area contributed by atoms with E-state index in [9.17, 15) is 15.2 Å². The molecule has 2 saturated heterocycles. The van der Waals surface area contributed by atoms with Crippen LogP contribution < -0.4 is 4.90 Å². The number of rotatable bonds is 4. The molecule has 2 fully saturated rings. The Morgan fingerprint density at radius 1 is 1.31 bits per heavy atom. The van der Waals surface area contributed by atoms with E-state index in [-0.39, 0.29) is 22.6 Å². The number of carbonyl (C=O) groups excluding carboxylic acids is 1. The highest BCUT2D eigenvalue weighted by Crippen LogP contribution is 2.44. The summed E-state index contributed by atoms with van der Waals surface area (Å²) < 4.78 is 15.1. The van der Waals surface area contributed by atoms with Crippen LogP contribution in [-0.2, 0) is 17.8 Å². The Bertz CT molecular complexity index is 1250. The zero-order chi connectivity index (χ0) is 24.9. The van der Waals surface area contributed by atoms with Crippen LogP contribution in [0.1, 0.15) is 37.1 Å². The first-order valence-electron chi connectivity index (χ1n) is 12.1. The highest BCUT2D eigenvalue weighted by Gasteiger charge is 2.49. The van der Waals surface area contributed by atoms with Crippen LogP contribution >= 0.6 is 0 Å². The SMILES string of the molecule is C=CC(=O)N1CC2(CCN(c3nc4c(c(-c5cc(O)ccc5F)c3C#N)CCN(C(C)C)C4)C2)C1. The first kappa shape index (κ1) is 23.3. The van der Waals surface area contributed by atoms with E-state index >= 15 is 4.39 Å². The topological polar surface area (TPSA) is 83.7 Å². The Labute approximate surface area is 205 Å². The van der Waals surface area contributed by atoms with E-state index in [2.05, 4.69) is 36.3 Å². The highest BCUT2D eigenvalue weighted by atomic mass is 19.1. The van der Waals surface area contributed by atoms with Gasteiger partial charge >= 0.3 is 0 Å². The number of anilines is 1. The number of carbonyl (C=O) groups is 1. The number of hydrogen-bond donors (Lipinski definition) is 1. The number of amides is 1. The van der Waals surface area contributed by atoms with Gasteiger partial charge in [0.2, 0.25) is 5.91 Å². The first-order chi connectivity index (χ1) is 16.7. The first-order valence-corrected chi connectivity index (χ1v) is 12.1. The molecule has 0 unspecified atom stereocenters. The molecule has 3 aliphatic rings. The summed E-state index contributed by atoms with van der Waals surface area (Å²) in [6.45, 7) is 12.0. The van der Waals surface area contributed by atoms with Gasteiger partial charge < -0.3 is 14.9 Å². The van der Waals surface area contributed by atoms with Gasteiger partial charge in [-0.3, -0.25) is 9.69 Å². The molecule has 3 aliphatic heterocycles. The number of aromatic nitrogens is 1. The Morgan fingerprint density at radius 3 is 2.77 bits per heavy atom. The standard InChI is InChI=1S/C27H30FN5O2/c1-4-24(35)33-15-27(16-33)8-10-32(14-27)26-21(12-29)25(20-11-18(34)5-6-22(20)28)19-7-9-31(17(2)3)13-23(19)30-26/h4-6,11,17,34H,1,7-10,13-16H2,2-3H3. The molecule has 35 heavy (non-hydrogen) atoms. The molecule has 7 nitrogen and oxygen atoms in total. The lowest BCUT2D eigenvalue weighted by molar-refractivity contribution is -0.136. The second-order valence-electron chi connectivity index (χ2n) is 10.3. The van der Waals surface area contributed by atoms with Gasteiger partial charge in [-0.2, -0.15) is 5.26 Å². The number of likely N-dealkylation sites (tertiary alicyclic amines) is 1. The van der Waals surface area contributed by atoms with Crippen molar-refractivity contribution in [2.24, 2.45) is 5.41 Å². The van der Waals surface area contributed by atoms with E-state index in [1.807, 2.05) is 0 Å². The summed E-state index contributed by atoms with van der Waals surface area (Å²) in [5.41, 5.74) is 2.84. The average molecular weight is 476 g/mol. The molecule has 4 heterocycles. The van der Waals surface area contributed by atoms with Crippen LogP contribution in [0.2, 0.25) is 0 Å². The van der Waals surface area contributed by atoms with Crippen molar-refractivity contribution in [2.75, 3.05) is 37.6 Å². The number of halogens is 1. The minimum Gasteiger partial charge on any atom is -0.508 e. The number of aromatic hydroxyl groups is 1. The summed E-state index contributed by atoms with van der Waals surface area (Å²) in [6, 6.07) is 6.62. The summed E-state index contributed by atoms with van der Waals surface area (Å²) in [5, 5.41) is 20.4. The summed E-state index contributed by atoms with van der Waals surface area (Å²) >= 11 is 0. The Balaban J connectivity index is 1.59. The minimum atomic E-state index is -0.472. The number of fused-ring (bicyclic) bond motifs is 1. The van der Waals surface area contributed by atoms with E-state index in [1.54, 1.807) is 4.90 Å². The molecule has 182 valence electrons. The van der Waals surface area contributed by atoms with Crippen LogP contribution in [0.25, 0.3) is 11.1 Å². The molecule has 0 bridgehead atoms. The second kappa shape index (κ2) is 8.65. The molecule has 8 heteroatoms. The fourth-order valence-corrected chi connectivity index (χ4v) is 5.79. The Morgan fingerprint density at radius 2 is 2.09 bits per heavy atom. The van der Waals surface area contributed by atoms with Crippen LogP contribution in [0.4, 0.5) is 10.2 Å². The predicted octanol–water partition coefficient (Wildman–Crippen LogP) is 3.46. The van der Waals surface area contributed by atoms with Gasteiger partial charge in [0.05, 0.1) is 5.69 Å². The maximum Gasteiger partial charge on any atom is 0.245 e. The van der Waals surface area contributed by atoms with Gasteiger partial charge in [-0.15, -0.1) is 0 Å². The van der Waals surface area contributed by atoms with Crippen LogP contribution in [0.5, 0.6) is 5.75 Å². The number of phenolic OH excluding ortho intramolecular Hbond substituents is 1. The van der Waals surface area contributed by atoms with Gasteiger partial charge in [0.25, 0.3) is 0 Å². The third-order valence-corrected chi connectivity index (χ3v) is 7.70. The van der Waals surface area contributed by atoms with Gasteiger partial charge in [0, 0.05) is 61.9 Å². The third-order valence-electron chi connectivity index (χ3n) is 7.70. The van der Waals surface area contributed by atoms with E-state index < -0.39 is 5.82 Å². The molecular formula is C27H30FN5O2. The van der Waals surface area contributed by atoms with Gasteiger partial charge in [0.1, 0.15) is 29.0 Å². The van der Waals surface area contributed by atoms with Crippen molar-refractivity contribution in [3.05, 3.63) is 53.5 Å². The highest BCUT2D eigenvalue weighted by molar-refractivity contribution is 5.88. The molecule has 0 radical (unpaired) electrons.